The molecule has 0 bridgehead atoms. The first-order chi connectivity index (χ1) is 14.3. The maximum atomic E-state index is 12.7. The second-order valence-corrected chi connectivity index (χ2v) is 9.32. The van der Waals surface area contributed by atoms with Crippen LogP contribution >= 0.6 is 11.8 Å². The third-order valence-corrected chi connectivity index (χ3v) is 6.30. The summed E-state index contributed by atoms with van der Waals surface area (Å²) in [6.07, 6.45) is 4.97. The van der Waals surface area contributed by atoms with E-state index in [1.54, 1.807) is 0 Å². The molecule has 0 spiro atoms. The van der Waals surface area contributed by atoms with E-state index in [0.29, 0.717) is 6.54 Å². The van der Waals surface area contributed by atoms with Crippen LogP contribution in [0, 0.1) is 13.8 Å². The van der Waals surface area contributed by atoms with Gasteiger partial charge in [-0.1, -0.05) is 17.8 Å². The predicted molar refractivity (Wildman–Crippen MR) is 124 cm³/mol. The van der Waals surface area contributed by atoms with E-state index >= 15 is 0 Å². The normalized spacial score (nSPS) is 13.4. The van der Waals surface area contributed by atoms with Gasteiger partial charge in [0, 0.05) is 23.5 Å². The van der Waals surface area contributed by atoms with Gasteiger partial charge in [-0.2, -0.15) is 4.98 Å². The maximum absolute atomic E-state index is 12.7. The van der Waals surface area contributed by atoms with Gasteiger partial charge in [-0.05, 0) is 89.9 Å². The van der Waals surface area contributed by atoms with Gasteiger partial charge < -0.3 is 10.2 Å². The number of rotatable bonds is 8. The summed E-state index contributed by atoms with van der Waals surface area (Å²) in [7, 11) is 4.08. The monoisotopic (exact) mass is 428 g/mol. The van der Waals surface area contributed by atoms with Crippen LogP contribution in [0.1, 0.15) is 41.6 Å². The molecular formula is C23H32N4O2S. The van der Waals surface area contributed by atoms with E-state index in [9.17, 15) is 9.59 Å². The summed E-state index contributed by atoms with van der Waals surface area (Å²) in [6.45, 7) is 5.67. The summed E-state index contributed by atoms with van der Waals surface area (Å²) >= 11 is 1.38. The molecule has 30 heavy (non-hydrogen) atoms. The van der Waals surface area contributed by atoms with Crippen molar-refractivity contribution in [1.29, 1.82) is 0 Å². The number of amides is 1. The molecule has 1 heterocycles. The van der Waals surface area contributed by atoms with Crippen molar-refractivity contribution in [2.75, 3.05) is 31.7 Å². The summed E-state index contributed by atoms with van der Waals surface area (Å²) in [5.41, 5.74) is 5.14. The number of aryl methyl sites for hydroxylation is 2. The Kier molecular flexibility index (Phi) is 7.72. The van der Waals surface area contributed by atoms with E-state index < -0.39 is 0 Å². The molecule has 7 heteroatoms. The molecule has 0 aliphatic heterocycles. The van der Waals surface area contributed by atoms with E-state index in [1.165, 1.54) is 11.8 Å². The number of nitrogens with one attached hydrogen (secondary N) is 1. The molecule has 6 nitrogen and oxygen atoms in total. The molecule has 1 aromatic carbocycles. The Balaban J connectivity index is 1.72. The molecule has 0 fully saturated rings. The number of aromatic nitrogens is 2. The number of anilines is 1. The molecule has 0 radical (unpaired) electrons. The third-order valence-electron chi connectivity index (χ3n) is 5.28. The van der Waals surface area contributed by atoms with Crippen LogP contribution in [0.5, 0.6) is 0 Å². The average Bonchev–Trinajstić information content (AvgIpc) is 2.67. The van der Waals surface area contributed by atoms with Gasteiger partial charge in [-0.25, -0.2) is 4.79 Å². The van der Waals surface area contributed by atoms with Crippen molar-refractivity contribution in [3.63, 3.8) is 0 Å². The van der Waals surface area contributed by atoms with Crippen molar-refractivity contribution in [1.82, 2.24) is 14.5 Å². The molecular weight excluding hydrogens is 396 g/mol. The van der Waals surface area contributed by atoms with Gasteiger partial charge in [-0.15, -0.1) is 0 Å². The summed E-state index contributed by atoms with van der Waals surface area (Å²) in [6, 6.07) is 6.00. The second kappa shape index (κ2) is 10.3. The van der Waals surface area contributed by atoms with Gasteiger partial charge in [0.1, 0.15) is 5.03 Å². The summed E-state index contributed by atoms with van der Waals surface area (Å²) in [4.78, 5) is 31.7. The van der Waals surface area contributed by atoms with Crippen molar-refractivity contribution >= 4 is 23.4 Å². The molecule has 1 aliphatic rings. The SMILES string of the molecule is Cc1cc(C)cc(NC(=O)CSc2nc(=O)n(CCCN(C)C)c3c2CCCC3)c1. The number of nitrogens with zero attached hydrogens (tertiary/aromatic N) is 3. The minimum absolute atomic E-state index is 0.0773. The van der Waals surface area contributed by atoms with Gasteiger partial charge in [0.25, 0.3) is 0 Å². The smallest absolute Gasteiger partial charge is 0.325 e. The van der Waals surface area contributed by atoms with E-state index in [1.807, 2.05) is 44.6 Å². The number of thioether (sulfide) groups is 1. The van der Waals surface area contributed by atoms with Gasteiger partial charge in [0.05, 0.1) is 5.75 Å². The number of carbonyl (C=O) groups excluding carboxylic acids is 1. The Labute approximate surface area is 183 Å². The fourth-order valence-corrected chi connectivity index (χ4v) is 4.90. The quantitative estimate of drug-likeness (QED) is 0.515. The zero-order valence-electron chi connectivity index (χ0n) is 18.5. The lowest BCUT2D eigenvalue weighted by Crippen LogP contribution is -2.31. The zero-order chi connectivity index (χ0) is 21.7. The average molecular weight is 429 g/mol. The number of hydrogen-bond acceptors (Lipinski definition) is 5. The van der Waals surface area contributed by atoms with Gasteiger partial charge in [0.15, 0.2) is 0 Å². The molecule has 162 valence electrons. The fourth-order valence-electron chi connectivity index (χ4n) is 4.02. The van der Waals surface area contributed by atoms with E-state index in [2.05, 4.69) is 21.3 Å². The molecule has 0 atom stereocenters. The van der Waals surface area contributed by atoms with Gasteiger partial charge in [-0.3, -0.25) is 9.36 Å². The molecule has 3 rings (SSSR count). The van der Waals surface area contributed by atoms with Crippen molar-refractivity contribution in [3.05, 3.63) is 51.1 Å². The zero-order valence-corrected chi connectivity index (χ0v) is 19.3. The first-order valence-corrected chi connectivity index (χ1v) is 11.6. The minimum atomic E-state index is -0.188. The van der Waals surface area contributed by atoms with Crippen LogP contribution in [0.4, 0.5) is 5.69 Å². The molecule has 1 N–H and O–H groups in total. The minimum Gasteiger partial charge on any atom is -0.325 e. The van der Waals surface area contributed by atoms with Crippen LogP contribution in [0.2, 0.25) is 0 Å². The number of hydrogen-bond donors (Lipinski definition) is 1. The molecule has 0 saturated heterocycles. The molecule has 1 amide bonds. The van der Waals surface area contributed by atoms with Crippen molar-refractivity contribution in [2.24, 2.45) is 0 Å². The van der Waals surface area contributed by atoms with Gasteiger partial charge in [0.2, 0.25) is 5.91 Å². The first kappa shape index (κ1) is 22.6. The van der Waals surface area contributed by atoms with Crippen molar-refractivity contribution < 1.29 is 4.79 Å². The molecule has 1 aliphatic carbocycles. The fraction of sp³-hybridized carbons (Fsp3) is 0.522. The van der Waals surface area contributed by atoms with E-state index in [-0.39, 0.29) is 17.3 Å². The molecule has 1 aromatic heterocycles. The highest BCUT2D eigenvalue weighted by atomic mass is 32.2. The largest absolute Gasteiger partial charge is 0.348 e. The lowest BCUT2D eigenvalue weighted by molar-refractivity contribution is -0.113. The highest BCUT2D eigenvalue weighted by molar-refractivity contribution is 8.00. The molecule has 0 saturated carbocycles. The van der Waals surface area contributed by atoms with Crippen LogP contribution in [-0.2, 0) is 24.2 Å². The maximum Gasteiger partial charge on any atom is 0.348 e. The Bertz CT molecular complexity index is 948. The first-order valence-electron chi connectivity index (χ1n) is 10.6. The number of fused-ring (bicyclic) bond motifs is 1. The summed E-state index contributed by atoms with van der Waals surface area (Å²) in [5.74, 6) is 0.169. The van der Waals surface area contributed by atoms with Crippen LogP contribution in [0.3, 0.4) is 0 Å². The second-order valence-electron chi connectivity index (χ2n) is 8.35. The Hall–Kier alpha value is -2.12. The Morgan fingerprint density at radius 3 is 2.57 bits per heavy atom. The summed E-state index contributed by atoms with van der Waals surface area (Å²) < 4.78 is 1.86. The number of carbonyl (C=O) groups is 1. The van der Waals surface area contributed by atoms with Crippen LogP contribution < -0.4 is 11.0 Å². The highest BCUT2D eigenvalue weighted by Gasteiger charge is 2.21. The highest BCUT2D eigenvalue weighted by Crippen LogP contribution is 2.28. The lowest BCUT2D eigenvalue weighted by Gasteiger charge is -2.23. The molecule has 0 unspecified atom stereocenters. The molecule has 2 aromatic rings. The standard InChI is InChI=1S/C23H32N4O2S/c1-16-12-17(2)14-18(13-16)24-21(28)15-30-22-19-8-5-6-9-20(19)27(23(29)25-22)11-7-10-26(3)4/h12-14H,5-11,15H2,1-4H3,(H,24,28). The topological polar surface area (TPSA) is 67.2 Å². The van der Waals surface area contributed by atoms with E-state index in [0.717, 1.165) is 71.7 Å². The van der Waals surface area contributed by atoms with Crippen LogP contribution in [0.15, 0.2) is 28.0 Å². The predicted octanol–water partition coefficient (Wildman–Crippen LogP) is 3.42. The van der Waals surface area contributed by atoms with Crippen molar-refractivity contribution in [2.45, 2.75) is 57.5 Å². The van der Waals surface area contributed by atoms with E-state index in [4.69, 9.17) is 0 Å². The van der Waals surface area contributed by atoms with Crippen molar-refractivity contribution in [3.8, 4) is 0 Å². The third kappa shape index (κ3) is 5.95. The summed E-state index contributed by atoms with van der Waals surface area (Å²) in [5, 5.41) is 3.69. The van der Waals surface area contributed by atoms with Crippen LogP contribution in [0.25, 0.3) is 0 Å². The number of benzene rings is 1. The van der Waals surface area contributed by atoms with Crippen LogP contribution in [-0.4, -0.2) is 46.8 Å². The Morgan fingerprint density at radius 1 is 1.17 bits per heavy atom. The Morgan fingerprint density at radius 2 is 1.87 bits per heavy atom. The van der Waals surface area contributed by atoms with Gasteiger partial charge >= 0.3 is 5.69 Å². The lowest BCUT2D eigenvalue weighted by atomic mass is 9.97.